The zero-order chi connectivity index (χ0) is 21.3. The Hall–Kier alpha value is -3.54. The molecule has 1 aromatic heterocycles. The van der Waals surface area contributed by atoms with Crippen LogP contribution >= 0.6 is 0 Å². The van der Waals surface area contributed by atoms with Gasteiger partial charge >= 0.3 is 6.18 Å². The van der Waals surface area contributed by atoms with Gasteiger partial charge < -0.3 is 9.30 Å². The van der Waals surface area contributed by atoms with Crippen LogP contribution in [-0.4, -0.2) is 16.7 Å². The third kappa shape index (κ3) is 3.68. The minimum Gasteiger partial charge on any atom is -0.497 e. The number of hydrogen-bond donors (Lipinski definition) is 0. The van der Waals surface area contributed by atoms with Crippen LogP contribution in [0.25, 0.3) is 33.9 Å². The highest BCUT2D eigenvalue weighted by molar-refractivity contribution is 5.82. The van der Waals surface area contributed by atoms with E-state index >= 15 is 0 Å². The van der Waals surface area contributed by atoms with Crippen molar-refractivity contribution in [3.8, 4) is 39.7 Å². The van der Waals surface area contributed by atoms with Gasteiger partial charge in [0.1, 0.15) is 11.6 Å². The number of benzene rings is 3. The van der Waals surface area contributed by atoms with E-state index in [0.717, 1.165) is 40.4 Å². The third-order valence-corrected chi connectivity index (χ3v) is 4.98. The van der Waals surface area contributed by atoms with Crippen molar-refractivity contribution in [3.05, 3.63) is 84.4 Å². The van der Waals surface area contributed by atoms with Gasteiger partial charge in [-0.05, 0) is 36.4 Å². The van der Waals surface area contributed by atoms with E-state index in [2.05, 4.69) is 0 Å². The predicted molar refractivity (Wildman–Crippen MR) is 111 cm³/mol. The number of aromatic nitrogens is 2. The molecule has 0 N–H and O–H groups in total. The van der Waals surface area contributed by atoms with Crippen molar-refractivity contribution in [2.45, 2.75) is 6.18 Å². The van der Waals surface area contributed by atoms with Gasteiger partial charge in [0.2, 0.25) is 0 Å². The fourth-order valence-electron chi connectivity index (χ4n) is 3.44. The van der Waals surface area contributed by atoms with Gasteiger partial charge in [-0.25, -0.2) is 4.98 Å². The fourth-order valence-corrected chi connectivity index (χ4v) is 3.44. The Morgan fingerprint density at radius 3 is 1.93 bits per heavy atom. The van der Waals surface area contributed by atoms with Gasteiger partial charge in [-0.15, -0.1) is 0 Å². The van der Waals surface area contributed by atoms with Gasteiger partial charge in [0, 0.05) is 23.7 Å². The first-order valence-corrected chi connectivity index (χ1v) is 9.32. The highest BCUT2D eigenvalue weighted by atomic mass is 19.4. The smallest absolute Gasteiger partial charge is 0.416 e. The maximum atomic E-state index is 12.9. The number of imidazole rings is 1. The molecule has 0 saturated carbocycles. The first-order chi connectivity index (χ1) is 14.4. The summed E-state index contributed by atoms with van der Waals surface area (Å²) in [5.41, 5.74) is 3.43. The zero-order valence-electron chi connectivity index (χ0n) is 16.4. The second-order valence-electron chi connectivity index (χ2n) is 6.86. The monoisotopic (exact) mass is 408 g/mol. The molecule has 0 bridgehead atoms. The Morgan fingerprint density at radius 1 is 0.767 bits per heavy atom. The summed E-state index contributed by atoms with van der Waals surface area (Å²) in [5, 5.41) is 0. The molecule has 0 unspecified atom stereocenters. The lowest BCUT2D eigenvalue weighted by molar-refractivity contribution is -0.137. The number of methoxy groups -OCH3 is 1. The van der Waals surface area contributed by atoms with E-state index in [-0.39, 0.29) is 0 Å². The van der Waals surface area contributed by atoms with Crippen LogP contribution in [0.15, 0.2) is 78.9 Å². The molecular weight excluding hydrogens is 389 g/mol. The SMILES string of the molecule is COc1ccc(-c2c(-c3ccccc3)nc(-c3ccc(C(F)(F)F)cc3)n2C)cc1. The summed E-state index contributed by atoms with van der Waals surface area (Å²) in [6, 6.07) is 22.4. The largest absolute Gasteiger partial charge is 0.497 e. The second kappa shape index (κ2) is 7.71. The van der Waals surface area contributed by atoms with Crippen molar-refractivity contribution in [1.29, 1.82) is 0 Å². The van der Waals surface area contributed by atoms with Gasteiger partial charge in [-0.1, -0.05) is 42.5 Å². The van der Waals surface area contributed by atoms with E-state index in [9.17, 15) is 13.2 Å². The molecule has 3 nitrogen and oxygen atoms in total. The molecule has 0 aliphatic carbocycles. The van der Waals surface area contributed by atoms with Gasteiger partial charge in [0.15, 0.2) is 0 Å². The molecule has 0 radical (unpaired) electrons. The lowest BCUT2D eigenvalue weighted by Gasteiger charge is -2.10. The summed E-state index contributed by atoms with van der Waals surface area (Å²) in [4.78, 5) is 4.81. The van der Waals surface area contributed by atoms with Crippen LogP contribution in [0.4, 0.5) is 13.2 Å². The Bertz CT molecular complexity index is 1150. The first kappa shape index (κ1) is 19.8. The van der Waals surface area contributed by atoms with Gasteiger partial charge in [-0.3, -0.25) is 0 Å². The maximum absolute atomic E-state index is 12.9. The van der Waals surface area contributed by atoms with Crippen LogP contribution in [0.5, 0.6) is 5.75 Å². The molecule has 30 heavy (non-hydrogen) atoms. The van der Waals surface area contributed by atoms with Gasteiger partial charge in [-0.2, -0.15) is 13.2 Å². The number of halogens is 3. The summed E-state index contributed by atoms with van der Waals surface area (Å²) in [6.07, 6.45) is -4.37. The molecule has 0 spiro atoms. The molecule has 0 saturated heterocycles. The van der Waals surface area contributed by atoms with Crippen LogP contribution in [0.2, 0.25) is 0 Å². The second-order valence-corrected chi connectivity index (χ2v) is 6.86. The van der Waals surface area contributed by atoms with E-state index < -0.39 is 11.7 Å². The van der Waals surface area contributed by atoms with Crippen LogP contribution < -0.4 is 4.74 Å². The molecule has 4 rings (SSSR count). The number of hydrogen-bond acceptors (Lipinski definition) is 2. The van der Waals surface area contributed by atoms with Crippen molar-refractivity contribution in [1.82, 2.24) is 9.55 Å². The van der Waals surface area contributed by atoms with E-state index in [4.69, 9.17) is 9.72 Å². The highest BCUT2D eigenvalue weighted by Gasteiger charge is 2.30. The van der Waals surface area contributed by atoms with Crippen LogP contribution in [0.1, 0.15) is 5.56 Å². The molecule has 0 amide bonds. The summed E-state index contributed by atoms with van der Waals surface area (Å²) in [6.45, 7) is 0. The van der Waals surface area contributed by atoms with Crippen molar-refractivity contribution >= 4 is 0 Å². The lowest BCUT2D eigenvalue weighted by Crippen LogP contribution is -2.04. The minimum atomic E-state index is -4.37. The third-order valence-electron chi connectivity index (χ3n) is 4.98. The van der Waals surface area contributed by atoms with E-state index in [1.54, 1.807) is 7.11 Å². The van der Waals surface area contributed by atoms with E-state index in [0.29, 0.717) is 11.4 Å². The average molecular weight is 408 g/mol. The Morgan fingerprint density at radius 2 is 1.37 bits per heavy atom. The predicted octanol–water partition coefficient (Wildman–Crippen LogP) is 6.45. The van der Waals surface area contributed by atoms with Crippen molar-refractivity contribution in [3.63, 3.8) is 0 Å². The highest BCUT2D eigenvalue weighted by Crippen LogP contribution is 2.37. The van der Waals surface area contributed by atoms with Gasteiger partial charge in [0.25, 0.3) is 0 Å². The van der Waals surface area contributed by atoms with E-state index in [1.165, 1.54) is 12.1 Å². The molecular formula is C24H19F3N2O. The topological polar surface area (TPSA) is 27.1 Å². The number of ether oxygens (including phenoxy) is 1. The normalized spacial score (nSPS) is 11.5. The number of rotatable bonds is 4. The molecule has 0 fully saturated rings. The van der Waals surface area contributed by atoms with Crippen LogP contribution in [0, 0.1) is 0 Å². The average Bonchev–Trinajstić information content (AvgIpc) is 3.11. The van der Waals surface area contributed by atoms with Crippen molar-refractivity contribution < 1.29 is 17.9 Å². The number of alkyl halides is 3. The quantitative estimate of drug-likeness (QED) is 0.388. The molecule has 0 aliphatic rings. The summed E-state index contributed by atoms with van der Waals surface area (Å²) >= 11 is 0. The van der Waals surface area contributed by atoms with Crippen LogP contribution in [0.3, 0.4) is 0 Å². The maximum Gasteiger partial charge on any atom is 0.416 e. The Labute approximate surface area is 172 Å². The standard InChI is InChI=1S/C24H19F3N2O/c1-29-22(17-10-14-20(30-2)15-11-17)21(16-6-4-3-5-7-16)28-23(29)18-8-12-19(13-9-18)24(25,26)27/h3-15H,1-2H3. The summed E-state index contributed by atoms with van der Waals surface area (Å²) in [5.74, 6) is 1.33. The lowest BCUT2D eigenvalue weighted by atomic mass is 10.0. The molecule has 152 valence electrons. The summed E-state index contributed by atoms with van der Waals surface area (Å²) in [7, 11) is 3.48. The van der Waals surface area contributed by atoms with Crippen molar-refractivity contribution in [2.24, 2.45) is 7.05 Å². The Balaban J connectivity index is 1.88. The molecule has 3 aromatic carbocycles. The molecule has 1 heterocycles. The molecule has 4 aromatic rings. The molecule has 0 aliphatic heterocycles. The zero-order valence-corrected chi connectivity index (χ0v) is 16.4. The minimum absolute atomic E-state index is 0.591. The molecule has 6 heteroatoms. The fraction of sp³-hybridized carbons (Fsp3) is 0.125. The Kier molecular flexibility index (Phi) is 5.08. The van der Waals surface area contributed by atoms with Gasteiger partial charge in [0.05, 0.1) is 24.1 Å². The summed E-state index contributed by atoms with van der Waals surface area (Å²) < 4.78 is 46.0. The first-order valence-electron chi connectivity index (χ1n) is 9.32. The van der Waals surface area contributed by atoms with E-state index in [1.807, 2.05) is 66.2 Å². The van der Waals surface area contributed by atoms with Crippen LogP contribution in [-0.2, 0) is 13.2 Å². The van der Waals surface area contributed by atoms with Crippen molar-refractivity contribution in [2.75, 3.05) is 7.11 Å². The number of nitrogens with zero attached hydrogens (tertiary/aromatic N) is 2. The molecule has 0 atom stereocenters.